The number of hydrogen-bond acceptors (Lipinski definition) is 3. The van der Waals surface area contributed by atoms with E-state index in [1.807, 2.05) is 6.07 Å². The Morgan fingerprint density at radius 2 is 1.61 bits per heavy atom. The molecule has 0 saturated carbocycles. The van der Waals surface area contributed by atoms with Gasteiger partial charge in [-0.25, -0.2) is 8.78 Å². The van der Waals surface area contributed by atoms with Gasteiger partial charge in [-0.05, 0) is 79.9 Å². The van der Waals surface area contributed by atoms with Crippen molar-refractivity contribution in [3.8, 4) is 16.9 Å². The fourth-order valence-electron chi connectivity index (χ4n) is 4.28. The predicted molar refractivity (Wildman–Crippen MR) is 123 cm³/mol. The Labute approximate surface area is 181 Å². The average molecular weight is 421 g/mol. The van der Waals surface area contributed by atoms with Crippen LogP contribution in [0, 0.1) is 11.6 Å². The summed E-state index contributed by atoms with van der Waals surface area (Å²) in [7, 11) is 1.54. The number of ether oxygens (including phenoxy) is 1. The van der Waals surface area contributed by atoms with E-state index in [4.69, 9.17) is 4.74 Å². The number of benzene rings is 3. The van der Waals surface area contributed by atoms with Crippen molar-refractivity contribution in [3.63, 3.8) is 0 Å². The van der Waals surface area contributed by atoms with Crippen molar-refractivity contribution in [3.05, 3.63) is 83.4 Å². The van der Waals surface area contributed by atoms with Crippen molar-refractivity contribution in [2.24, 2.45) is 0 Å². The highest BCUT2D eigenvalue weighted by Gasteiger charge is 2.26. The summed E-state index contributed by atoms with van der Waals surface area (Å²) < 4.78 is 32.6. The van der Waals surface area contributed by atoms with E-state index in [1.165, 1.54) is 24.3 Å². The minimum atomic E-state index is -0.343. The second-order valence-corrected chi connectivity index (χ2v) is 8.39. The molecule has 0 aromatic heterocycles. The van der Waals surface area contributed by atoms with E-state index >= 15 is 0 Å². The Balaban J connectivity index is 1.85. The van der Waals surface area contributed by atoms with Gasteiger partial charge in [-0.2, -0.15) is 0 Å². The average Bonchev–Trinajstić information content (AvgIpc) is 2.72. The zero-order chi connectivity index (χ0) is 22.2. The molecule has 0 aliphatic carbocycles. The quantitative estimate of drug-likeness (QED) is 0.473. The second kappa shape index (κ2) is 8.06. The van der Waals surface area contributed by atoms with Crippen LogP contribution in [0.5, 0.6) is 5.75 Å². The Morgan fingerprint density at radius 1 is 0.935 bits per heavy atom. The molecule has 31 heavy (non-hydrogen) atoms. The molecule has 0 spiro atoms. The van der Waals surface area contributed by atoms with Crippen molar-refractivity contribution < 1.29 is 13.5 Å². The molecule has 0 bridgehead atoms. The van der Waals surface area contributed by atoms with Gasteiger partial charge in [0.25, 0.3) is 0 Å². The van der Waals surface area contributed by atoms with E-state index in [1.54, 1.807) is 25.3 Å². The molecule has 160 valence electrons. The molecule has 3 aromatic rings. The Hall–Kier alpha value is -3.34. The Morgan fingerprint density at radius 3 is 2.32 bits per heavy atom. The monoisotopic (exact) mass is 420 g/mol. The second-order valence-electron chi connectivity index (χ2n) is 8.39. The lowest BCUT2D eigenvalue weighted by Crippen LogP contribution is -2.32. The smallest absolute Gasteiger partial charge is 0.129 e. The molecule has 0 unspecified atom stereocenters. The van der Waals surface area contributed by atoms with Crippen LogP contribution in [0.15, 0.2) is 60.7 Å². The van der Waals surface area contributed by atoms with Gasteiger partial charge in [0.05, 0.1) is 12.6 Å². The number of halogens is 2. The Bertz CT molecular complexity index is 1150. The number of methoxy groups -OCH3 is 1. The summed E-state index contributed by atoms with van der Waals surface area (Å²) >= 11 is 0. The van der Waals surface area contributed by atoms with Crippen LogP contribution in [0.2, 0.25) is 0 Å². The standard InChI is InChI=1S/C26H26F2N2O/c1-16-14-26(2,3)30-23-12-11-20(21-10-7-18(28)13-24(21)31-4)22(25(16)23)15-29-19-8-5-17(27)6-9-19/h5-14,29-30H,15H2,1-4H3. The minimum absolute atomic E-state index is 0.159. The zero-order valence-electron chi connectivity index (χ0n) is 18.1. The van der Waals surface area contributed by atoms with Crippen molar-refractivity contribution in [2.45, 2.75) is 32.9 Å². The summed E-state index contributed by atoms with van der Waals surface area (Å²) in [4.78, 5) is 0. The van der Waals surface area contributed by atoms with Gasteiger partial charge in [-0.3, -0.25) is 0 Å². The molecule has 0 atom stereocenters. The van der Waals surface area contributed by atoms with Gasteiger partial charge >= 0.3 is 0 Å². The molecule has 1 aliphatic heterocycles. The van der Waals surface area contributed by atoms with Crippen LogP contribution in [0.25, 0.3) is 16.7 Å². The molecule has 1 heterocycles. The summed E-state index contributed by atoms with van der Waals surface area (Å²) in [6.45, 7) is 6.88. The molecule has 0 amide bonds. The topological polar surface area (TPSA) is 33.3 Å². The first-order valence-electron chi connectivity index (χ1n) is 10.2. The van der Waals surface area contributed by atoms with E-state index in [-0.39, 0.29) is 17.2 Å². The highest BCUT2D eigenvalue weighted by Crippen LogP contribution is 2.42. The van der Waals surface area contributed by atoms with Crippen molar-refractivity contribution in [1.29, 1.82) is 0 Å². The van der Waals surface area contributed by atoms with Crippen LogP contribution in [-0.4, -0.2) is 12.6 Å². The number of hydrogen-bond donors (Lipinski definition) is 2. The third kappa shape index (κ3) is 4.26. The summed E-state index contributed by atoms with van der Waals surface area (Å²) in [5, 5.41) is 6.99. The number of rotatable bonds is 5. The lowest BCUT2D eigenvalue weighted by atomic mass is 9.85. The summed E-state index contributed by atoms with van der Waals surface area (Å²) in [5.41, 5.74) is 6.82. The highest BCUT2D eigenvalue weighted by molar-refractivity contribution is 5.88. The van der Waals surface area contributed by atoms with E-state index in [2.05, 4.69) is 43.5 Å². The minimum Gasteiger partial charge on any atom is -0.496 e. The van der Waals surface area contributed by atoms with Crippen LogP contribution >= 0.6 is 0 Å². The van der Waals surface area contributed by atoms with Crippen LogP contribution in [0.1, 0.15) is 31.9 Å². The first-order valence-corrected chi connectivity index (χ1v) is 10.2. The van der Waals surface area contributed by atoms with Crippen LogP contribution in [0.4, 0.5) is 20.2 Å². The van der Waals surface area contributed by atoms with E-state index in [0.29, 0.717) is 12.3 Å². The first-order chi connectivity index (χ1) is 14.8. The fourth-order valence-corrected chi connectivity index (χ4v) is 4.28. The van der Waals surface area contributed by atoms with Gasteiger partial charge in [0.1, 0.15) is 17.4 Å². The zero-order valence-corrected chi connectivity index (χ0v) is 18.1. The van der Waals surface area contributed by atoms with Crippen molar-refractivity contribution in [1.82, 2.24) is 0 Å². The van der Waals surface area contributed by atoms with Gasteiger partial charge in [0.2, 0.25) is 0 Å². The SMILES string of the molecule is COc1cc(F)ccc1-c1ccc2c(c1CNc1ccc(F)cc1)C(C)=CC(C)(C)N2. The normalized spacial score (nSPS) is 14.3. The molecule has 5 heteroatoms. The van der Waals surface area contributed by atoms with Gasteiger partial charge in [0, 0.05) is 35.1 Å². The maximum atomic E-state index is 13.8. The van der Waals surface area contributed by atoms with E-state index in [9.17, 15) is 8.78 Å². The molecule has 3 nitrogen and oxygen atoms in total. The van der Waals surface area contributed by atoms with Crippen LogP contribution in [0.3, 0.4) is 0 Å². The molecule has 0 saturated heterocycles. The molecular formula is C26H26F2N2O. The van der Waals surface area contributed by atoms with Crippen LogP contribution < -0.4 is 15.4 Å². The largest absolute Gasteiger partial charge is 0.496 e. The number of anilines is 2. The molecule has 0 radical (unpaired) electrons. The van der Waals surface area contributed by atoms with Crippen LogP contribution in [-0.2, 0) is 6.54 Å². The molecule has 1 aliphatic rings. The third-order valence-corrected chi connectivity index (χ3v) is 5.51. The van der Waals surface area contributed by atoms with Gasteiger partial charge in [-0.15, -0.1) is 0 Å². The predicted octanol–water partition coefficient (Wildman–Crippen LogP) is 6.86. The van der Waals surface area contributed by atoms with Gasteiger partial charge in [0.15, 0.2) is 0 Å². The fraction of sp³-hybridized carbons (Fsp3) is 0.231. The molecular weight excluding hydrogens is 394 g/mol. The Kier molecular flexibility index (Phi) is 5.44. The van der Waals surface area contributed by atoms with E-state index in [0.717, 1.165) is 39.2 Å². The van der Waals surface area contributed by atoms with Crippen molar-refractivity contribution in [2.75, 3.05) is 17.7 Å². The molecule has 0 fully saturated rings. The van der Waals surface area contributed by atoms with Gasteiger partial charge < -0.3 is 15.4 Å². The first kappa shape index (κ1) is 20.9. The maximum Gasteiger partial charge on any atom is 0.129 e. The highest BCUT2D eigenvalue weighted by atomic mass is 19.1. The van der Waals surface area contributed by atoms with Gasteiger partial charge in [-0.1, -0.05) is 12.1 Å². The van der Waals surface area contributed by atoms with Crippen molar-refractivity contribution >= 4 is 16.9 Å². The molecule has 2 N–H and O–H groups in total. The maximum absolute atomic E-state index is 13.8. The summed E-state index contributed by atoms with van der Waals surface area (Å²) in [6, 6.07) is 15.0. The molecule has 3 aromatic carbocycles. The van der Waals surface area contributed by atoms with E-state index < -0.39 is 0 Å². The lowest BCUT2D eigenvalue weighted by Gasteiger charge is -2.33. The number of nitrogens with one attached hydrogen (secondary N) is 2. The molecule has 4 rings (SSSR count). The third-order valence-electron chi connectivity index (χ3n) is 5.51. The number of fused-ring (bicyclic) bond motifs is 1. The number of allylic oxidation sites excluding steroid dienone is 1. The lowest BCUT2D eigenvalue weighted by molar-refractivity contribution is 0.413. The summed E-state index contributed by atoms with van der Waals surface area (Å²) in [5.74, 6) is -0.137. The summed E-state index contributed by atoms with van der Waals surface area (Å²) in [6.07, 6.45) is 2.21.